The van der Waals surface area contributed by atoms with Crippen LogP contribution in [0.3, 0.4) is 0 Å². The molecule has 0 saturated carbocycles. The molecule has 0 aliphatic rings. The molecule has 1 atom stereocenters. The van der Waals surface area contributed by atoms with Crippen molar-refractivity contribution in [1.82, 2.24) is 19.7 Å². The fourth-order valence-electron chi connectivity index (χ4n) is 2.08. The molecule has 6 heteroatoms. The summed E-state index contributed by atoms with van der Waals surface area (Å²) in [5.74, 6) is 1.88. The van der Waals surface area contributed by atoms with Crippen molar-refractivity contribution in [3.63, 3.8) is 0 Å². The lowest BCUT2D eigenvalue weighted by Crippen LogP contribution is -2.19. The van der Waals surface area contributed by atoms with Gasteiger partial charge in [0.15, 0.2) is 5.82 Å². The maximum atomic E-state index is 5.82. The zero-order valence-electron chi connectivity index (χ0n) is 11.9. The van der Waals surface area contributed by atoms with Gasteiger partial charge < -0.3 is 14.8 Å². The second-order valence-electron chi connectivity index (χ2n) is 6.02. The third kappa shape index (κ3) is 3.20. The number of aromatic nitrogens is 4. The quantitative estimate of drug-likeness (QED) is 0.911. The molecule has 2 aromatic heterocycles. The van der Waals surface area contributed by atoms with Crippen molar-refractivity contribution in [2.24, 2.45) is 18.2 Å². The molecule has 0 fully saturated rings. The van der Waals surface area contributed by atoms with E-state index in [1.54, 1.807) is 6.20 Å². The minimum atomic E-state index is 0.0847. The van der Waals surface area contributed by atoms with Gasteiger partial charge in [0.05, 0.1) is 5.92 Å². The molecule has 104 valence electrons. The molecule has 0 spiro atoms. The molecule has 2 N–H and O–H groups in total. The summed E-state index contributed by atoms with van der Waals surface area (Å²) in [7, 11) is 1.90. The predicted octanol–water partition coefficient (Wildman–Crippen LogP) is 1.95. The summed E-state index contributed by atoms with van der Waals surface area (Å²) in [6.45, 7) is 7.02. The van der Waals surface area contributed by atoms with Crippen LogP contribution in [0, 0.1) is 5.41 Å². The highest BCUT2D eigenvalue weighted by molar-refractivity contribution is 5.42. The van der Waals surface area contributed by atoms with E-state index in [4.69, 9.17) is 10.3 Å². The molecule has 0 aliphatic carbocycles. The van der Waals surface area contributed by atoms with Crippen LogP contribution in [-0.2, 0) is 7.05 Å². The molecule has 0 radical (unpaired) electrons. The number of aryl methyl sites for hydroxylation is 1. The Balaban J connectivity index is 2.22. The number of nitrogens with two attached hydrogens (primary N) is 1. The Labute approximate surface area is 113 Å². The van der Waals surface area contributed by atoms with Crippen LogP contribution < -0.4 is 5.73 Å². The first-order chi connectivity index (χ1) is 8.90. The van der Waals surface area contributed by atoms with Crippen molar-refractivity contribution < 1.29 is 4.52 Å². The van der Waals surface area contributed by atoms with Crippen molar-refractivity contribution in [2.75, 3.05) is 6.54 Å². The van der Waals surface area contributed by atoms with Gasteiger partial charge in [-0.05, 0) is 11.8 Å². The van der Waals surface area contributed by atoms with E-state index in [0.29, 0.717) is 24.1 Å². The van der Waals surface area contributed by atoms with E-state index in [9.17, 15) is 0 Å². The summed E-state index contributed by atoms with van der Waals surface area (Å²) >= 11 is 0. The van der Waals surface area contributed by atoms with Gasteiger partial charge >= 0.3 is 0 Å². The SMILES string of the molecule is Cn1ccnc1-c1noc(C(CN)CC(C)(C)C)n1. The van der Waals surface area contributed by atoms with Crippen LogP contribution in [0.25, 0.3) is 11.6 Å². The zero-order valence-corrected chi connectivity index (χ0v) is 11.9. The summed E-state index contributed by atoms with van der Waals surface area (Å²) in [5, 5.41) is 3.99. The molecular formula is C13H21N5O. The number of nitrogens with zero attached hydrogens (tertiary/aromatic N) is 4. The number of imidazole rings is 1. The molecule has 0 amide bonds. The predicted molar refractivity (Wildman–Crippen MR) is 72.4 cm³/mol. The Morgan fingerprint density at radius 3 is 2.68 bits per heavy atom. The van der Waals surface area contributed by atoms with Gasteiger partial charge in [-0.1, -0.05) is 25.9 Å². The molecule has 0 aliphatic heterocycles. The van der Waals surface area contributed by atoms with E-state index in [2.05, 4.69) is 35.9 Å². The van der Waals surface area contributed by atoms with Crippen molar-refractivity contribution in [2.45, 2.75) is 33.1 Å². The van der Waals surface area contributed by atoms with E-state index in [0.717, 1.165) is 6.42 Å². The lowest BCUT2D eigenvalue weighted by atomic mass is 9.84. The second-order valence-corrected chi connectivity index (χ2v) is 6.02. The van der Waals surface area contributed by atoms with Gasteiger partial charge in [0.25, 0.3) is 0 Å². The Kier molecular flexibility index (Phi) is 3.71. The molecule has 0 saturated heterocycles. The van der Waals surface area contributed by atoms with Gasteiger partial charge in [0.1, 0.15) is 0 Å². The average Bonchev–Trinajstić information content (AvgIpc) is 2.92. The Morgan fingerprint density at radius 2 is 2.16 bits per heavy atom. The minimum absolute atomic E-state index is 0.0847. The Hall–Kier alpha value is -1.69. The monoisotopic (exact) mass is 263 g/mol. The van der Waals surface area contributed by atoms with Crippen LogP contribution in [-0.4, -0.2) is 26.2 Å². The molecule has 1 unspecified atom stereocenters. The summed E-state index contributed by atoms with van der Waals surface area (Å²) in [5.41, 5.74) is 5.99. The van der Waals surface area contributed by atoms with E-state index < -0.39 is 0 Å². The van der Waals surface area contributed by atoms with Gasteiger partial charge in [0.2, 0.25) is 11.7 Å². The molecule has 6 nitrogen and oxygen atoms in total. The molecule has 2 heterocycles. The van der Waals surface area contributed by atoms with E-state index >= 15 is 0 Å². The van der Waals surface area contributed by atoms with Crippen LogP contribution in [0.5, 0.6) is 0 Å². The molecular weight excluding hydrogens is 242 g/mol. The normalized spacial score (nSPS) is 13.7. The highest BCUT2D eigenvalue weighted by Gasteiger charge is 2.24. The summed E-state index contributed by atoms with van der Waals surface area (Å²) in [6.07, 6.45) is 4.47. The first-order valence-corrected chi connectivity index (χ1v) is 6.42. The van der Waals surface area contributed by atoms with Gasteiger partial charge in [-0.25, -0.2) is 4.98 Å². The molecule has 2 rings (SSSR count). The molecule has 2 aromatic rings. The highest BCUT2D eigenvalue weighted by atomic mass is 16.5. The van der Waals surface area contributed by atoms with Crippen LogP contribution in [0.2, 0.25) is 0 Å². The molecule has 0 aromatic carbocycles. The number of hydrogen-bond donors (Lipinski definition) is 1. The van der Waals surface area contributed by atoms with Gasteiger partial charge in [-0.2, -0.15) is 4.98 Å². The first-order valence-electron chi connectivity index (χ1n) is 6.42. The zero-order chi connectivity index (χ0) is 14.0. The second kappa shape index (κ2) is 5.13. The fourth-order valence-corrected chi connectivity index (χ4v) is 2.08. The van der Waals surface area contributed by atoms with Gasteiger partial charge in [-0.3, -0.25) is 0 Å². The Bertz CT molecular complexity index is 537. The lowest BCUT2D eigenvalue weighted by molar-refractivity contribution is 0.287. The fraction of sp³-hybridized carbons (Fsp3) is 0.615. The topological polar surface area (TPSA) is 82.8 Å². The standard InChI is InChI=1S/C13H21N5O/c1-13(2,3)7-9(8-14)12-16-10(17-19-12)11-15-5-6-18(11)4/h5-6,9H,7-8,14H2,1-4H3. The Morgan fingerprint density at radius 1 is 1.42 bits per heavy atom. The largest absolute Gasteiger partial charge is 0.339 e. The summed E-state index contributed by atoms with van der Waals surface area (Å²) < 4.78 is 7.20. The van der Waals surface area contributed by atoms with Crippen molar-refractivity contribution in [1.29, 1.82) is 0 Å². The highest BCUT2D eigenvalue weighted by Crippen LogP contribution is 2.30. The lowest BCUT2D eigenvalue weighted by Gasteiger charge is -2.22. The third-order valence-electron chi connectivity index (χ3n) is 2.96. The van der Waals surface area contributed by atoms with E-state index in [1.165, 1.54) is 0 Å². The van der Waals surface area contributed by atoms with Gasteiger partial charge in [0, 0.05) is 26.0 Å². The van der Waals surface area contributed by atoms with Crippen molar-refractivity contribution in [3.8, 4) is 11.6 Å². The smallest absolute Gasteiger partial charge is 0.238 e. The van der Waals surface area contributed by atoms with Gasteiger partial charge in [-0.15, -0.1) is 0 Å². The van der Waals surface area contributed by atoms with E-state index in [-0.39, 0.29) is 11.3 Å². The van der Waals surface area contributed by atoms with E-state index in [1.807, 2.05) is 17.8 Å². The first kappa shape index (κ1) is 13.7. The maximum absolute atomic E-state index is 5.82. The maximum Gasteiger partial charge on any atom is 0.238 e. The van der Waals surface area contributed by atoms with Crippen molar-refractivity contribution in [3.05, 3.63) is 18.3 Å². The molecule has 0 bridgehead atoms. The minimum Gasteiger partial charge on any atom is -0.339 e. The summed E-state index contributed by atoms with van der Waals surface area (Å²) in [6, 6.07) is 0. The van der Waals surface area contributed by atoms with Crippen LogP contribution in [0.1, 0.15) is 39.0 Å². The molecule has 19 heavy (non-hydrogen) atoms. The van der Waals surface area contributed by atoms with Crippen LogP contribution in [0.15, 0.2) is 16.9 Å². The average molecular weight is 263 g/mol. The van der Waals surface area contributed by atoms with Crippen LogP contribution >= 0.6 is 0 Å². The number of hydrogen-bond acceptors (Lipinski definition) is 5. The third-order valence-corrected chi connectivity index (χ3v) is 2.96. The number of rotatable bonds is 4. The van der Waals surface area contributed by atoms with Crippen molar-refractivity contribution >= 4 is 0 Å². The summed E-state index contributed by atoms with van der Waals surface area (Å²) in [4.78, 5) is 8.63. The van der Waals surface area contributed by atoms with Crippen LogP contribution in [0.4, 0.5) is 0 Å².